The summed E-state index contributed by atoms with van der Waals surface area (Å²) in [4.78, 5) is 0. The summed E-state index contributed by atoms with van der Waals surface area (Å²) >= 11 is 0. The van der Waals surface area contributed by atoms with Gasteiger partial charge in [0.25, 0.3) is 0 Å². The Bertz CT molecular complexity index is 320. The number of nitrogens with two attached hydrogens (primary N) is 1. The maximum Gasteiger partial charge on any atom is 0.0378 e. The number of nitrogens with one attached hydrogen (secondary N) is 1. The molecule has 1 aromatic rings. The van der Waals surface area contributed by atoms with E-state index in [-0.39, 0.29) is 0 Å². The molecule has 0 aromatic heterocycles. The highest BCUT2D eigenvalue weighted by Crippen LogP contribution is 2.26. The first-order chi connectivity index (χ1) is 6.79. The molecule has 1 heterocycles. The summed E-state index contributed by atoms with van der Waals surface area (Å²) in [5.41, 5.74) is 9.67. The molecule has 1 aromatic carbocycles. The van der Waals surface area contributed by atoms with Gasteiger partial charge in [-0.2, -0.15) is 0 Å². The van der Waals surface area contributed by atoms with Crippen LogP contribution in [0.4, 0.5) is 5.69 Å². The van der Waals surface area contributed by atoms with Crippen molar-refractivity contribution in [3.8, 4) is 0 Å². The van der Waals surface area contributed by atoms with E-state index in [2.05, 4.69) is 30.4 Å². The summed E-state index contributed by atoms with van der Waals surface area (Å²) in [6.07, 6.45) is 3.33. The van der Waals surface area contributed by atoms with Gasteiger partial charge in [0.15, 0.2) is 0 Å². The quantitative estimate of drug-likeness (QED) is 0.764. The van der Waals surface area contributed by atoms with Gasteiger partial charge in [0.05, 0.1) is 0 Å². The first-order valence-electron chi connectivity index (χ1n) is 5.38. The molecule has 2 heteroatoms. The topological polar surface area (TPSA) is 38.0 Å². The van der Waals surface area contributed by atoms with E-state index in [4.69, 9.17) is 5.73 Å². The van der Waals surface area contributed by atoms with Crippen LogP contribution in [0.15, 0.2) is 18.2 Å². The molecule has 0 fully saturated rings. The SMILES string of the molecule is CC1Cc2ccc(CCCN)cc2N1. The number of rotatable bonds is 3. The summed E-state index contributed by atoms with van der Waals surface area (Å²) < 4.78 is 0. The second-order valence-corrected chi connectivity index (χ2v) is 4.13. The van der Waals surface area contributed by atoms with E-state index in [0.717, 1.165) is 25.8 Å². The molecular weight excluding hydrogens is 172 g/mol. The van der Waals surface area contributed by atoms with E-state index in [9.17, 15) is 0 Å². The van der Waals surface area contributed by atoms with Crippen molar-refractivity contribution in [2.75, 3.05) is 11.9 Å². The number of hydrogen-bond acceptors (Lipinski definition) is 2. The number of hydrogen-bond donors (Lipinski definition) is 2. The fourth-order valence-electron chi connectivity index (χ4n) is 2.04. The summed E-state index contributed by atoms with van der Waals surface area (Å²) in [6, 6.07) is 7.34. The lowest BCUT2D eigenvalue weighted by Crippen LogP contribution is -2.08. The minimum atomic E-state index is 0.592. The molecule has 2 nitrogen and oxygen atoms in total. The van der Waals surface area contributed by atoms with Crippen LogP contribution in [0.1, 0.15) is 24.5 Å². The van der Waals surface area contributed by atoms with Gasteiger partial charge in [-0.1, -0.05) is 12.1 Å². The first kappa shape index (κ1) is 9.53. The van der Waals surface area contributed by atoms with Crippen LogP contribution >= 0.6 is 0 Å². The van der Waals surface area contributed by atoms with Crippen LogP contribution in [0.2, 0.25) is 0 Å². The fourth-order valence-corrected chi connectivity index (χ4v) is 2.04. The highest BCUT2D eigenvalue weighted by atomic mass is 14.9. The summed E-state index contributed by atoms with van der Waals surface area (Å²) in [5, 5.41) is 3.48. The van der Waals surface area contributed by atoms with E-state index in [0.29, 0.717) is 6.04 Å². The molecule has 0 bridgehead atoms. The second kappa shape index (κ2) is 4.01. The van der Waals surface area contributed by atoms with Gasteiger partial charge in [-0.3, -0.25) is 0 Å². The minimum Gasteiger partial charge on any atom is -0.382 e. The molecule has 0 saturated heterocycles. The third-order valence-electron chi connectivity index (χ3n) is 2.77. The number of fused-ring (bicyclic) bond motifs is 1. The van der Waals surface area contributed by atoms with E-state index < -0.39 is 0 Å². The average Bonchev–Trinajstić information content (AvgIpc) is 2.54. The van der Waals surface area contributed by atoms with Gasteiger partial charge < -0.3 is 11.1 Å². The van der Waals surface area contributed by atoms with Crippen molar-refractivity contribution in [2.45, 2.75) is 32.2 Å². The van der Waals surface area contributed by atoms with Crippen molar-refractivity contribution >= 4 is 5.69 Å². The van der Waals surface area contributed by atoms with Gasteiger partial charge in [-0.05, 0) is 49.9 Å². The van der Waals surface area contributed by atoms with Crippen molar-refractivity contribution in [3.63, 3.8) is 0 Å². The zero-order valence-electron chi connectivity index (χ0n) is 8.72. The molecule has 0 spiro atoms. The normalized spacial score (nSPS) is 19.1. The monoisotopic (exact) mass is 190 g/mol. The Balaban J connectivity index is 2.12. The minimum absolute atomic E-state index is 0.592. The van der Waals surface area contributed by atoms with Gasteiger partial charge in [0.1, 0.15) is 0 Å². The van der Waals surface area contributed by atoms with Crippen LogP contribution < -0.4 is 11.1 Å². The van der Waals surface area contributed by atoms with Gasteiger partial charge in [-0.15, -0.1) is 0 Å². The Morgan fingerprint density at radius 1 is 1.50 bits per heavy atom. The Kier molecular flexibility index (Phi) is 2.73. The van der Waals surface area contributed by atoms with Crippen LogP contribution in [0, 0.1) is 0 Å². The van der Waals surface area contributed by atoms with Crippen LogP contribution in [-0.2, 0) is 12.8 Å². The fraction of sp³-hybridized carbons (Fsp3) is 0.500. The number of anilines is 1. The third-order valence-corrected chi connectivity index (χ3v) is 2.77. The molecule has 1 aliphatic heterocycles. The van der Waals surface area contributed by atoms with Crippen LogP contribution in [0.5, 0.6) is 0 Å². The third kappa shape index (κ3) is 1.90. The maximum absolute atomic E-state index is 5.50. The smallest absolute Gasteiger partial charge is 0.0378 e. The molecule has 0 aliphatic carbocycles. The lowest BCUT2D eigenvalue weighted by Gasteiger charge is -2.05. The largest absolute Gasteiger partial charge is 0.382 e. The highest BCUT2D eigenvalue weighted by molar-refractivity contribution is 5.58. The van der Waals surface area contributed by atoms with Gasteiger partial charge >= 0.3 is 0 Å². The van der Waals surface area contributed by atoms with Crippen LogP contribution in [-0.4, -0.2) is 12.6 Å². The molecule has 0 saturated carbocycles. The Morgan fingerprint density at radius 2 is 2.36 bits per heavy atom. The van der Waals surface area contributed by atoms with Crippen molar-refractivity contribution in [3.05, 3.63) is 29.3 Å². The predicted octanol–water partition coefficient (Wildman–Crippen LogP) is 1.93. The van der Waals surface area contributed by atoms with Gasteiger partial charge in [0.2, 0.25) is 0 Å². The molecule has 1 aliphatic rings. The lowest BCUT2D eigenvalue weighted by atomic mass is 10.0. The second-order valence-electron chi connectivity index (χ2n) is 4.13. The zero-order valence-corrected chi connectivity index (χ0v) is 8.72. The predicted molar refractivity (Wildman–Crippen MR) is 60.6 cm³/mol. The zero-order chi connectivity index (χ0) is 9.97. The Hall–Kier alpha value is -1.02. The van der Waals surface area contributed by atoms with Crippen molar-refractivity contribution in [1.29, 1.82) is 0 Å². The molecule has 0 amide bonds. The molecule has 1 atom stereocenters. The molecule has 0 radical (unpaired) electrons. The van der Waals surface area contributed by atoms with E-state index in [1.807, 2.05) is 0 Å². The molecule has 3 N–H and O–H groups in total. The Morgan fingerprint density at radius 3 is 3.14 bits per heavy atom. The van der Waals surface area contributed by atoms with Crippen molar-refractivity contribution < 1.29 is 0 Å². The molecule has 1 unspecified atom stereocenters. The first-order valence-corrected chi connectivity index (χ1v) is 5.38. The van der Waals surface area contributed by atoms with Gasteiger partial charge in [-0.25, -0.2) is 0 Å². The number of aryl methyl sites for hydroxylation is 1. The number of benzene rings is 1. The van der Waals surface area contributed by atoms with Crippen molar-refractivity contribution in [2.24, 2.45) is 5.73 Å². The van der Waals surface area contributed by atoms with Crippen LogP contribution in [0.3, 0.4) is 0 Å². The summed E-state index contributed by atoms with van der Waals surface area (Å²) in [5.74, 6) is 0. The van der Waals surface area contributed by atoms with Crippen LogP contribution in [0.25, 0.3) is 0 Å². The molecule has 14 heavy (non-hydrogen) atoms. The molecule has 76 valence electrons. The molecule has 2 rings (SSSR count). The van der Waals surface area contributed by atoms with E-state index in [1.165, 1.54) is 16.8 Å². The summed E-state index contributed by atoms with van der Waals surface area (Å²) in [7, 11) is 0. The molecular formula is C12H18N2. The average molecular weight is 190 g/mol. The Labute approximate surface area is 85.5 Å². The summed E-state index contributed by atoms with van der Waals surface area (Å²) in [6.45, 7) is 3.00. The van der Waals surface area contributed by atoms with Crippen molar-refractivity contribution in [1.82, 2.24) is 0 Å². The lowest BCUT2D eigenvalue weighted by molar-refractivity contribution is 0.832. The maximum atomic E-state index is 5.50. The van der Waals surface area contributed by atoms with E-state index >= 15 is 0 Å². The van der Waals surface area contributed by atoms with Gasteiger partial charge in [0, 0.05) is 11.7 Å². The van der Waals surface area contributed by atoms with E-state index in [1.54, 1.807) is 0 Å². The standard InChI is InChI=1S/C12H18N2/c1-9-7-11-5-4-10(3-2-6-13)8-12(11)14-9/h4-5,8-9,14H,2-3,6-7,13H2,1H3. The highest BCUT2D eigenvalue weighted by Gasteiger charge is 2.15.